The number of hydrogen-bond donors (Lipinski definition) is 1. The van der Waals surface area contributed by atoms with Gasteiger partial charge < -0.3 is 9.88 Å². The lowest BCUT2D eigenvalue weighted by atomic mass is 10.2. The molecule has 0 aliphatic carbocycles. The van der Waals surface area contributed by atoms with Gasteiger partial charge in [-0.3, -0.25) is 4.79 Å². The number of carbonyl (C=O) groups is 1. The van der Waals surface area contributed by atoms with Crippen LogP contribution in [-0.2, 0) is 13.2 Å². The molecule has 2 aromatic heterocycles. The summed E-state index contributed by atoms with van der Waals surface area (Å²) in [4.78, 5) is 16.2. The molecule has 0 fully saturated rings. The average Bonchev–Trinajstić information content (AvgIpc) is 3.20. The summed E-state index contributed by atoms with van der Waals surface area (Å²) < 4.78 is 41.9. The molecule has 0 bridgehead atoms. The Morgan fingerprint density at radius 2 is 1.73 bits per heavy atom. The van der Waals surface area contributed by atoms with E-state index in [1.807, 2.05) is 19.9 Å². The Hall–Kier alpha value is -3.62. The zero-order valence-corrected chi connectivity index (χ0v) is 16.4. The summed E-state index contributed by atoms with van der Waals surface area (Å²) in [5.74, 6) is -1.36. The number of halogens is 3. The Morgan fingerprint density at radius 3 is 2.33 bits per heavy atom. The van der Waals surface area contributed by atoms with Gasteiger partial charge in [-0.2, -0.15) is 18.3 Å². The first kappa shape index (κ1) is 19.7. The topological polar surface area (TPSA) is 64.7 Å². The predicted molar refractivity (Wildman–Crippen MR) is 107 cm³/mol. The van der Waals surface area contributed by atoms with E-state index in [2.05, 4.69) is 15.4 Å². The van der Waals surface area contributed by atoms with Gasteiger partial charge >= 0.3 is 6.18 Å². The molecule has 0 aliphatic rings. The third-order valence-corrected chi connectivity index (χ3v) is 4.78. The van der Waals surface area contributed by atoms with Gasteiger partial charge in [0.25, 0.3) is 5.91 Å². The van der Waals surface area contributed by atoms with Crippen LogP contribution in [0, 0.1) is 13.8 Å². The van der Waals surface area contributed by atoms with Crippen molar-refractivity contribution in [1.82, 2.24) is 19.3 Å². The van der Waals surface area contributed by atoms with Crippen molar-refractivity contribution in [3.8, 4) is 5.69 Å². The normalized spacial score (nSPS) is 11.8. The molecule has 4 rings (SSSR count). The smallest absolute Gasteiger partial charge is 0.323 e. The standard InChI is InChI=1S/C21H18F3N5O/c1-12-10-13(2)29(27-12)16-7-4-14(5-8-16)19(30)25-15-6-9-18-17(11-15)26-20(28(18)3)21(22,23)24/h4-11H,1-3H3,(H,25,30). The van der Waals surface area contributed by atoms with Gasteiger partial charge in [-0.15, -0.1) is 0 Å². The van der Waals surface area contributed by atoms with Gasteiger partial charge in [0.2, 0.25) is 5.82 Å². The quantitative estimate of drug-likeness (QED) is 0.532. The van der Waals surface area contributed by atoms with Crippen molar-refractivity contribution < 1.29 is 18.0 Å². The Morgan fingerprint density at radius 1 is 1.03 bits per heavy atom. The largest absolute Gasteiger partial charge is 0.449 e. The molecule has 2 aromatic carbocycles. The van der Waals surface area contributed by atoms with Crippen LogP contribution < -0.4 is 5.32 Å². The van der Waals surface area contributed by atoms with Gasteiger partial charge in [-0.05, 0) is 62.4 Å². The summed E-state index contributed by atoms with van der Waals surface area (Å²) in [6, 6.07) is 13.3. The van der Waals surface area contributed by atoms with Crippen LogP contribution in [0.1, 0.15) is 27.6 Å². The zero-order chi connectivity index (χ0) is 21.6. The molecule has 0 atom stereocenters. The summed E-state index contributed by atoms with van der Waals surface area (Å²) in [6.45, 7) is 3.85. The summed E-state index contributed by atoms with van der Waals surface area (Å²) in [7, 11) is 1.31. The maximum Gasteiger partial charge on any atom is 0.449 e. The van der Waals surface area contributed by atoms with Crippen LogP contribution in [0.4, 0.5) is 18.9 Å². The number of aromatic nitrogens is 4. The molecule has 0 unspecified atom stereocenters. The Bertz CT molecular complexity index is 1250. The highest BCUT2D eigenvalue weighted by Crippen LogP contribution is 2.31. The molecule has 0 aliphatic heterocycles. The maximum absolute atomic E-state index is 13.0. The first-order valence-electron chi connectivity index (χ1n) is 9.12. The fourth-order valence-electron chi connectivity index (χ4n) is 3.38. The van der Waals surface area contributed by atoms with Gasteiger partial charge in [0, 0.05) is 24.0 Å². The van der Waals surface area contributed by atoms with Crippen LogP contribution in [0.5, 0.6) is 0 Å². The number of alkyl halides is 3. The Kier molecular flexibility index (Phi) is 4.60. The molecule has 9 heteroatoms. The summed E-state index contributed by atoms with van der Waals surface area (Å²) in [5, 5.41) is 7.11. The second kappa shape index (κ2) is 7.01. The molecular formula is C21H18F3N5O. The van der Waals surface area contributed by atoms with Crippen molar-refractivity contribution in [2.24, 2.45) is 7.05 Å². The van der Waals surface area contributed by atoms with Gasteiger partial charge in [-0.1, -0.05) is 0 Å². The van der Waals surface area contributed by atoms with E-state index in [0.717, 1.165) is 21.6 Å². The SMILES string of the molecule is Cc1cc(C)n(-c2ccc(C(=O)Nc3ccc4c(c3)nc(C(F)(F)F)n4C)cc2)n1. The van der Waals surface area contributed by atoms with E-state index in [0.29, 0.717) is 16.8 Å². The highest BCUT2D eigenvalue weighted by atomic mass is 19.4. The Balaban J connectivity index is 1.56. The van der Waals surface area contributed by atoms with E-state index in [1.165, 1.54) is 19.2 Å². The van der Waals surface area contributed by atoms with Crippen molar-refractivity contribution in [2.75, 3.05) is 5.32 Å². The number of carbonyl (C=O) groups excluding carboxylic acids is 1. The van der Waals surface area contributed by atoms with E-state index < -0.39 is 12.0 Å². The first-order valence-corrected chi connectivity index (χ1v) is 9.12. The molecule has 0 spiro atoms. The molecule has 1 amide bonds. The molecular weight excluding hydrogens is 395 g/mol. The Labute approximate surface area is 170 Å². The van der Waals surface area contributed by atoms with Crippen LogP contribution in [0.25, 0.3) is 16.7 Å². The molecule has 0 saturated carbocycles. The number of aryl methyl sites for hydroxylation is 3. The first-order chi connectivity index (χ1) is 14.1. The molecule has 30 heavy (non-hydrogen) atoms. The van der Waals surface area contributed by atoms with E-state index in [-0.39, 0.29) is 11.4 Å². The number of hydrogen-bond acceptors (Lipinski definition) is 3. The average molecular weight is 413 g/mol. The number of nitrogens with zero attached hydrogens (tertiary/aromatic N) is 4. The molecule has 154 valence electrons. The summed E-state index contributed by atoms with van der Waals surface area (Å²) >= 11 is 0. The van der Waals surface area contributed by atoms with E-state index >= 15 is 0 Å². The summed E-state index contributed by atoms with van der Waals surface area (Å²) in [6.07, 6.45) is -4.55. The van der Waals surface area contributed by atoms with Gasteiger partial charge in [0.15, 0.2) is 0 Å². The van der Waals surface area contributed by atoms with Crippen LogP contribution in [0.2, 0.25) is 0 Å². The highest BCUT2D eigenvalue weighted by molar-refractivity contribution is 6.05. The van der Waals surface area contributed by atoms with Crippen molar-refractivity contribution in [3.05, 3.63) is 71.3 Å². The number of anilines is 1. The number of amides is 1. The third-order valence-electron chi connectivity index (χ3n) is 4.78. The van der Waals surface area contributed by atoms with Gasteiger partial charge in [0.1, 0.15) is 0 Å². The molecule has 2 heterocycles. The van der Waals surface area contributed by atoms with E-state index in [1.54, 1.807) is 35.0 Å². The highest BCUT2D eigenvalue weighted by Gasteiger charge is 2.36. The summed E-state index contributed by atoms with van der Waals surface area (Å²) in [5.41, 5.74) is 3.96. The van der Waals surface area contributed by atoms with Gasteiger partial charge in [-0.25, -0.2) is 9.67 Å². The van der Waals surface area contributed by atoms with Crippen LogP contribution in [-0.4, -0.2) is 25.2 Å². The minimum atomic E-state index is -4.55. The fourth-order valence-corrected chi connectivity index (χ4v) is 3.38. The molecule has 1 N–H and O–H groups in total. The second-order valence-corrected chi connectivity index (χ2v) is 7.04. The third kappa shape index (κ3) is 3.54. The minimum Gasteiger partial charge on any atom is -0.323 e. The maximum atomic E-state index is 13.0. The number of imidazole rings is 1. The van der Waals surface area contributed by atoms with Crippen LogP contribution in [0.15, 0.2) is 48.5 Å². The van der Waals surface area contributed by atoms with Gasteiger partial charge in [0.05, 0.1) is 22.4 Å². The molecule has 4 aromatic rings. The van der Waals surface area contributed by atoms with Crippen LogP contribution in [0.3, 0.4) is 0 Å². The van der Waals surface area contributed by atoms with Crippen LogP contribution >= 0.6 is 0 Å². The molecule has 6 nitrogen and oxygen atoms in total. The molecule has 0 saturated heterocycles. The van der Waals surface area contributed by atoms with Crippen molar-refractivity contribution in [2.45, 2.75) is 20.0 Å². The fraction of sp³-hybridized carbons (Fsp3) is 0.190. The van der Waals surface area contributed by atoms with Crippen molar-refractivity contribution in [1.29, 1.82) is 0 Å². The van der Waals surface area contributed by atoms with Crippen molar-refractivity contribution >= 4 is 22.6 Å². The second-order valence-electron chi connectivity index (χ2n) is 7.04. The van der Waals surface area contributed by atoms with E-state index in [4.69, 9.17) is 0 Å². The number of nitrogens with one attached hydrogen (secondary N) is 1. The lowest BCUT2D eigenvalue weighted by Crippen LogP contribution is -2.12. The number of benzene rings is 2. The monoisotopic (exact) mass is 413 g/mol. The van der Waals surface area contributed by atoms with E-state index in [9.17, 15) is 18.0 Å². The number of fused-ring (bicyclic) bond motifs is 1. The van der Waals surface area contributed by atoms with Crippen molar-refractivity contribution in [3.63, 3.8) is 0 Å². The minimum absolute atomic E-state index is 0.155. The zero-order valence-electron chi connectivity index (χ0n) is 16.4. The molecule has 0 radical (unpaired) electrons. The number of rotatable bonds is 3. The predicted octanol–water partition coefficient (Wildman–Crippen LogP) is 4.65. The lowest BCUT2D eigenvalue weighted by molar-refractivity contribution is -0.146. The lowest BCUT2D eigenvalue weighted by Gasteiger charge is -2.08.